The number of hydrogen-bond acceptors (Lipinski definition) is 5. The van der Waals surface area contributed by atoms with Crippen molar-refractivity contribution in [3.05, 3.63) is 47.7 Å². The average Bonchev–Trinajstić information content (AvgIpc) is 2.54. The minimum atomic E-state index is -0.346. The van der Waals surface area contributed by atoms with Gasteiger partial charge in [0.1, 0.15) is 6.33 Å². The minimum absolute atomic E-state index is 0.150. The fourth-order valence-corrected chi connectivity index (χ4v) is 2.10. The van der Waals surface area contributed by atoms with Crippen molar-refractivity contribution >= 4 is 0 Å². The molecule has 1 heterocycles. The smallest absolute Gasteiger partial charge is 0.216 e. The van der Waals surface area contributed by atoms with Gasteiger partial charge in [-0.15, -0.1) is 0 Å². The quantitative estimate of drug-likeness (QED) is 0.883. The first-order valence-electron chi connectivity index (χ1n) is 6.54. The number of nitrogens with one attached hydrogen (secondary N) is 1. The van der Waals surface area contributed by atoms with E-state index in [0.29, 0.717) is 17.9 Å². The van der Waals surface area contributed by atoms with Crippen LogP contribution in [0.1, 0.15) is 17.3 Å². The van der Waals surface area contributed by atoms with Gasteiger partial charge in [0.05, 0.1) is 26.0 Å². The first kappa shape index (κ1) is 15.2. The van der Waals surface area contributed by atoms with Gasteiger partial charge in [0.15, 0.2) is 11.6 Å². The topological polar surface area (TPSA) is 56.3 Å². The monoisotopic (exact) mass is 291 g/mol. The van der Waals surface area contributed by atoms with E-state index in [0.717, 1.165) is 5.69 Å². The summed E-state index contributed by atoms with van der Waals surface area (Å²) in [7, 11) is 4.80. The molecule has 1 unspecified atom stereocenters. The summed E-state index contributed by atoms with van der Waals surface area (Å²) < 4.78 is 24.3. The van der Waals surface area contributed by atoms with Gasteiger partial charge in [0.25, 0.3) is 0 Å². The molecule has 6 heteroatoms. The molecule has 2 rings (SSSR count). The first-order chi connectivity index (χ1) is 10.2. The van der Waals surface area contributed by atoms with Crippen LogP contribution < -0.4 is 14.8 Å². The maximum atomic E-state index is 14.2. The summed E-state index contributed by atoms with van der Waals surface area (Å²) in [6.45, 7) is 0. The van der Waals surface area contributed by atoms with Gasteiger partial charge in [-0.3, -0.25) is 0 Å². The molecule has 5 nitrogen and oxygen atoms in total. The lowest BCUT2D eigenvalue weighted by Crippen LogP contribution is -2.20. The fraction of sp³-hybridized carbons (Fsp3) is 0.333. The second kappa shape index (κ2) is 6.99. The molecular formula is C15H18FN3O2. The van der Waals surface area contributed by atoms with E-state index in [-0.39, 0.29) is 17.6 Å². The zero-order chi connectivity index (χ0) is 15.2. The van der Waals surface area contributed by atoms with Crippen molar-refractivity contribution in [3.8, 4) is 11.6 Å². The van der Waals surface area contributed by atoms with Gasteiger partial charge in [-0.2, -0.15) is 0 Å². The molecule has 1 atom stereocenters. The third-order valence-electron chi connectivity index (χ3n) is 3.26. The molecule has 0 aliphatic carbocycles. The molecule has 0 saturated carbocycles. The van der Waals surface area contributed by atoms with Crippen LogP contribution in [-0.4, -0.2) is 31.2 Å². The second-order valence-corrected chi connectivity index (χ2v) is 4.46. The van der Waals surface area contributed by atoms with E-state index in [1.165, 1.54) is 13.4 Å². The molecule has 0 aliphatic rings. The normalized spacial score (nSPS) is 12.0. The summed E-state index contributed by atoms with van der Waals surface area (Å²) in [4.78, 5) is 8.19. The highest BCUT2D eigenvalue weighted by Crippen LogP contribution is 2.25. The van der Waals surface area contributed by atoms with Gasteiger partial charge in [0.2, 0.25) is 5.88 Å². The molecule has 2 aromatic rings. The predicted molar refractivity (Wildman–Crippen MR) is 77.0 cm³/mol. The van der Waals surface area contributed by atoms with E-state index in [1.54, 1.807) is 38.4 Å². The molecule has 0 fully saturated rings. The van der Waals surface area contributed by atoms with Crippen LogP contribution in [0.25, 0.3) is 0 Å². The molecule has 1 aromatic carbocycles. The second-order valence-electron chi connectivity index (χ2n) is 4.46. The highest BCUT2D eigenvalue weighted by atomic mass is 19.1. The zero-order valence-electron chi connectivity index (χ0n) is 12.3. The Balaban J connectivity index is 2.26. The van der Waals surface area contributed by atoms with Crippen molar-refractivity contribution in [3.63, 3.8) is 0 Å². The summed E-state index contributed by atoms with van der Waals surface area (Å²) in [5, 5.41) is 3.13. The Hall–Kier alpha value is -2.21. The van der Waals surface area contributed by atoms with Crippen LogP contribution >= 0.6 is 0 Å². The van der Waals surface area contributed by atoms with Crippen LogP contribution in [0.15, 0.2) is 30.6 Å². The van der Waals surface area contributed by atoms with Gasteiger partial charge in [-0.1, -0.05) is 12.1 Å². The highest BCUT2D eigenvalue weighted by molar-refractivity contribution is 5.32. The molecule has 0 saturated heterocycles. The Labute approximate surface area is 123 Å². The number of halogens is 1. The van der Waals surface area contributed by atoms with Crippen molar-refractivity contribution in [1.29, 1.82) is 0 Å². The molecule has 0 aliphatic heterocycles. The Bertz CT molecular complexity index is 607. The highest BCUT2D eigenvalue weighted by Gasteiger charge is 2.17. The van der Waals surface area contributed by atoms with Crippen LogP contribution in [0.3, 0.4) is 0 Å². The summed E-state index contributed by atoms with van der Waals surface area (Å²) >= 11 is 0. The number of rotatable bonds is 6. The molecule has 1 N–H and O–H groups in total. The molecule has 0 amide bonds. The third-order valence-corrected chi connectivity index (χ3v) is 3.26. The van der Waals surface area contributed by atoms with Gasteiger partial charge in [-0.05, 0) is 25.1 Å². The standard InChI is InChI=1S/C15H18FN3O2/c1-17-11(12-8-14(21-3)19-9-18-12)7-10-5-4-6-13(20-2)15(10)16/h4-6,8-9,11,17H,7H2,1-3H3. The Morgan fingerprint density at radius 3 is 2.71 bits per heavy atom. The molecule has 0 radical (unpaired) electrons. The maximum absolute atomic E-state index is 14.2. The average molecular weight is 291 g/mol. The van der Waals surface area contributed by atoms with Crippen molar-refractivity contribution < 1.29 is 13.9 Å². The maximum Gasteiger partial charge on any atom is 0.216 e. The summed E-state index contributed by atoms with van der Waals surface area (Å²) in [5.74, 6) is 0.371. The van der Waals surface area contributed by atoms with Gasteiger partial charge < -0.3 is 14.8 Å². The van der Waals surface area contributed by atoms with Crippen LogP contribution in [0.2, 0.25) is 0 Å². The molecule has 21 heavy (non-hydrogen) atoms. The van der Waals surface area contributed by atoms with E-state index in [4.69, 9.17) is 9.47 Å². The lowest BCUT2D eigenvalue weighted by molar-refractivity contribution is 0.382. The fourth-order valence-electron chi connectivity index (χ4n) is 2.10. The van der Waals surface area contributed by atoms with Crippen molar-refractivity contribution in [2.24, 2.45) is 0 Å². The van der Waals surface area contributed by atoms with Crippen LogP contribution in [0, 0.1) is 5.82 Å². The number of hydrogen-bond donors (Lipinski definition) is 1. The molecule has 0 bridgehead atoms. The lowest BCUT2D eigenvalue weighted by Gasteiger charge is -2.17. The number of likely N-dealkylation sites (N-methyl/N-ethyl adjacent to an activating group) is 1. The Morgan fingerprint density at radius 2 is 2.05 bits per heavy atom. The Kier molecular flexibility index (Phi) is 5.05. The number of methoxy groups -OCH3 is 2. The van der Waals surface area contributed by atoms with Crippen molar-refractivity contribution in [2.45, 2.75) is 12.5 Å². The first-order valence-corrected chi connectivity index (χ1v) is 6.54. The van der Waals surface area contributed by atoms with E-state index < -0.39 is 0 Å². The van der Waals surface area contributed by atoms with E-state index in [2.05, 4.69) is 15.3 Å². The largest absolute Gasteiger partial charge is 0.494 e. The van der Waals surface area contributed by atoms with E-state index >= 15 is 0 Å². The van der Waals surface area contributed by atoms with Crippen molar-refractivity contribution in [1.82, 2.24) is 15.3 Å². The molecule has 0 spiro atoms. The van der Waals surface area contributed by atoms with Gasteiger partial charge in [-0.25, -0.2) is 14.4 Å². The Morgan fingerprint density at radius 1 is 1.24 bits per heavy atom. The van der Waals surface area contributed by atoms with Gasteiger partial charge in [0, 0.05) is 6.07 Å². The number of aromatic nitrogens is 2. The zero-order valence-corrected chi connectivity index (χ0v) is 12.3. The van der Waals surface area contributed by atoms with E-state index in [9.17, 15) is 4.39 Å². The number of benzene rings is 1. The number of nitrogens with zero attached hydrogens (tertiary/aromatic N) is 2. The van der Waals surface area contributed by atoms with Crippen LogP contribution in [0.4, 0.5) is 4.39 Å². The summed E-state index contributed by atoms with van der Waals surface area (Å²) in [6.07, 6.45) is 1.88. The van der Waals surface area contributed by atoms with Crippen molar-refractivity contribution in [2.75, 3.05) is 21.3 Å². The SMILES string of the molecule is CNC(Cc1cccc(OC)c1F)c1cc(OC)ncn1. The lowest BCUT2D eigenvalue weighted by atomic mass is 10.0. The van der Waals surface area contributed by atoms with Crippen LogP contribution in [0.5, 0.6) is 11.6 Å². The summed E-state index contributed by atoms with van der Waals surface area (Å²) in [6, 6.07) is 6.69. The molecule has 112 valence electrons. The number of ether oxygens (including phenoxy) is 2. The third kappa shape index (κ3) is 3.46. The molecule has 1 aromatic heterocycles. The van der Waals surface area contributed by atoms with Crippen LogP contribution in [-0.2, 0) is 6.42 Å². The predicted octanol–water partition coefficient (Wildman–Crippen LogP) is 2.14. The minimum Gasteiger partial charge on any atom is -0.494 e. The van der Waals surface area contributed by atoms with E-state index in [1.807, 2.05) is 0 Å². The molecular weight excluding hydrogens is 273 g/mol. The summed E-state index contributed by atoms with van der Waals surface area (Å²) in [5.41, 5.74) is 1.30. The van der Waals surface area contributed by atoms with Gasteiger partial charge >= 0.3 is 0 Å².